The molecule has 3 aromatic carbocycles. The molecular formula is C27H28N2O3. The normalized spacial score (nSPS) is 16.6. The summed E-state index contributed by atoms with van der Waals surface area (Å²) in [4.78, 5) is 27.5. The van der Waals surface area contributed by atoms with Gasteiger partial charge in [-0.2, -0.15) is 0 Å². The van der Waals surface area contributed by atoms with Crippen LogP contribution in [0.2, 0.25) is 0 Å². The molecule has 32 heavy (non-hydrogen) atoms. The van der Waals surface area contributed by atoms with Crippen molar-refractivity contribution in [1.29, 1.82) is 0 Å². The number of hydrogen-bond donors (Lipinski definition) is 1. The van der Waals surface area contributed by atoms with Crippen molar-refractivity contribution >= 4 is 11.8 Å². The fourth-order valence-electron chi connectivity index (χ4n) is 4.13. The molecule has 3 aromatic rings. The Kier molecular flexibility index (Phi) is 6.85. The fourth-order valence-corrected chi connectivity index (χ4v) is 4.13. The number of likely N-dealkylation sites (tertiary alicyclic amines) is 1. The number of carbonyl (C=O) groups excluding carboxylic acids is 2. The maximum Gasteiger partial charge on any atom is 0.225 e. The van der Waals surface area contributed by atoms with E-state index in [-0.39, 0.29) is 30.2 Å². The van der Waals surface area contributed by atoms with Gasteiger partial charge in [0.2, 0.25) is 11.8 Å². The number of amides is 2. The number of carbonyl (C=O) groups is 2. The lowest BCUT2D eigenvalue weighted by atomic mass is 9.97. The Morgan fingerprint density at radius 2 is 1.62 bits per heavy atom. The predicted molar refractivity (Wildman–Crippen MR) is 124 cm³/mol. The molecule has 1 heterocycles. The van der Waals surface area contributed by atoms with Crippen molar-refractivity contribution in [2.45, 2.75) is 25.4 Å². The number of rotatable bonds is 8. The largest absolute Gasteiger partial charge is 0.497 e. The van der Waals surface area contributed by atoms with Crippen LogP contribution in [0.15, 0.2) is 84.9 Å². The first kappa shape index (κ1) is 21.6. The molecule has 1 N–H and O–H groups in total. The van der Waals surface area contributed by atoms with Crippen molar-refractivity contribution in [1.82, 2.24) is 10.2 Å². The molecule has 0 aliphatic carbocycles. The molecular weight excluding hydrogens is 400 g/mol. The zero-order valence-corrected chi connectivity index (χ0v) is 18.2. The molecule has 5 nitrogen and oxygen atoms in total. The fraction of sp³-hybridized carbons (Fsp3) is 0.259. The van der Waals surface area contributed by atoms with E-state index in [2.05, 4.69) is 17.4 Å². The van der Waals surface area contributed by atoms with Crippen LogP contribution in [-0.2, 0) is 22.6 Å². The summed E-state index contributed by atoms with van der Waals surface area (Å²) in [6.07, 6.45) is 0.946. The molecule has 1 aliphatic rings. The number of benzene rings is 3. The Hall–Kier alpha value is -3.60. The lowest BCUT2D eigenvalue weighted by molar-refractivity contribution is -0.129. The van der Waals surface area contributed by atoms with Crippen molar-refractivity contribution < 1.29 is 14.3 Å². The van der Waals surface area contributed by atoms with E-state index in [1.165, 1.54) is 0 Å². The van der Waals surface area contributed by atoms with E-state index in [0.29, 0.717) is 19.5 Å². The predicted octanol–water partition coefficient (Wildman–Crippen LogP) is 4.14. The lowest BCUT2D eigenvalue weighted by Crippen LogP contribution is -2.36. The molecule has 0 aromatic heterocycles. The van der Waals surface area contributed by atoms with Gasteiger partial charge in [0.25, 0.3) is 0 Å². The summed E-state index contributed by atoms with van der Waals surface area (Å²) >= 11 is 0. The molecule has 2 amide bonds. The van der Waals surface area contributed by atoms with Crippen molar-refractivity contribution in [3.8, 4) is 5.75 Å². The van der Waals surface area contributed by atoms with Gasteiger partial charge in [-0.3, -0.25) is 9.59 Å². The van der Waals surface area contributed by atoms with Crippen LogP contribution in [0.5, 0.6) is 5.75 Å². The van der Waals surface area contributed by atoms with Gasteiger partial charge in [0.1, 0.15) is 5.75 Å². The van der Waals surface area contributed by atoms with Crippen LogP contribution in [0, 0.1) is 5.92 Å². The van der Waals surface area contributed by atoms with Gasteiger partial charge in [-0.1, -0.05) is 72.8 Å². The molecule has 1 fully saturated rings. The second kappa shape index (κ2) is 10.1. The van der Waals surface area contributed by atoms with Crippen LogP contribution in [-0.4, -0.2) is 30.4 Å². The van der Waals surface area contributed by atoms with Gasteiger partial charge in [-0.25, -0.2) is 0 Å². The molecule has 1 saturated heterocycles. The van der Waals surface area contributed by atoms with Crippen LogP contribution >= 0.6 is 0 Å². The van der Waals surface area contributed by atoms with Crippen molar-refractivity contribution in [2.24, 2.45) is 5.92 Å². The molecule has 0 spiro atoms. The van der Waals surface area contributed by atoms with E-state index in [0.717, 1.165) is 22.4 Å². The highest BCUT2D eigenvalue weighted by molar-refractivity contribution is 5.89. The topological polar surface area (TPSA) is 58.6 Å². The first-order chi connectivity index (χ1) is 15.6. The highest BCUT2D eigenvalue weighted by atomic mass is 16.5. The second-order valence-electron chi connectivity index (χ2n) is 8.18. The second-order valence-corrected chi connectivity index (χ2v) is 8.18. The monoisotopic (exact) mass is 428 g/mol. The molecule has 5 heteroatoms. The highest BCUT2D eigenvalue weighted by Gasteiger charge is 2.35. The van der Waals surface area contributed by atoms with E-state index >= 15 is 0 Å². The quantitative estimate of drug-likeness (QED) is 0.587. The minimum absolute atomic E-state index is 0.0142. The minimum atomic E-state index is -0.345. The first-order valence-corrected chi connectivity index (χ1v) is 10.9. The SMILES string of the molecule is COc1ccc(CN2C[C@H](C(=O)N[C@@H](Cc3ccccc3)c3ccccc3)CC2=O)cc1. The summed E-state index contributed by atoms with van der Waals surface area (Å²) in [5, 5.41) is 3.21. The average Bonchev–Trinajstić information content (AvgIpc) is 3.20. The number of nitrogens with zero attached hydrogens (tertiary/aromatic N) is 1. The van der Waals surface area contributed by atoms with Crippen LogP contribution in [0.1, 0.15) is 29.2 Å². The van der Waals surface area contributed by atoms with Gasteiger partial charge in [0, 0.05) is 19.5 Å². The Labute approximate surface area is 189 Å². The van der Waals surface area contributed by atoms with Crippen molar-refractivity contribution in [3.63, 3.8) is 0 Å². The summed E-state index contributed by atoms with van der Waals surface area (Å²) in [7, 11) is 1.63. The van der Waals surface area contributed by atoms with Crippen LogP contribution in [0.3, 0.4) is 0 Å². The number of hydrogen-bond acceptors (Lipinski definition) is 3. The average molecular weight is 429 g/mol. The molecule has 4 rings (SSSR count). The third-order valence-corrected chi connectivity index (χ3v) is 5.92. The first-order valence-electron chi connectivity index (χ1n) is 10.9. The number of nitrogens with one attached hydrogen (secondary N) is 1. The van der Waals surface area contributed by atoms with Crippen LogP contribution < -0.4 is 10.1 Å². The van der Waals surface area contributed by atoms with Gasteiger partial charge in [-0.15, -0.1) is 0 Å². The molecule has 164 valence electrons. The molecule has 0 radical (unpaired) electrons. The van der Waals surface area contributed by atoms with Gasteiger partial charge in [0.15, 0.2) is 0 Å². The Morgan fingerprint density at radius 3 is 2.28 bits per heavy atom. The van der Waals surface area contributed by atoms with Crippen molar-refractivity contribution in [2.75, 3.05) is 13.7 Å². The number of ether oxygens (including phenoxy) is 1. The zero-order chi connectivity index (χ0) is 22.3. The third kappa shape index (κ3) is 5.35. The van der Waals surface area contributed by atoms with E-state index in [1.807, 2.05) is 72.8 Å². The van der Waals surface area contributed by atoms with Gasteiger partial charge >= 0.3 is 0 Å². The smallest absolute Gasteiger partial charge is 0.225 e. The third-order valence-electron chi connectivity index (χ3n) is 5.92. The molecule has 1 aliphatic heterocycles. The zero-order valence-electron chi connectivity index (χ0n) is 18.2. The summed E-state index contributed by atoms with van der Waals surface area (Å²) in [6, 6.07) is 27.7. The standard InChI is InChI=1S/C27H28N2O3/c1-32-24-14-12-21(13-15-24)18-29-19-23(17-26(29)30)27(31)28-25(22-10-6-3-7-11-22)16-20-8-4-2-5-9-20/h2-15,23,25H,16-19H2,1H3,(H,28,31)/t23-,25+/m1/s1. The summed E-state index contributed by atoms with van der Waals surface area (Å²) in [5.41, 5.74) is 3.24. The maximum atomic E-state index is 13.1. The molecule has 0 bridgehead atoms. The minimum Gasteiger partial charge on any atom is -0.497 e. The molecule has 0 unspecified atom stereocenters. The molecule has 2 atom stereocenters. The van der Waals surface area contributed by atoms with Crippen LogP contribution in [0.25, 0.3) is 0 Å². The maximum absolute atomic E-state index is 13.1. The van der Waals surface area contributed by atoms with Crippen LogP contribution in [0.4, 0.5) is 0 Å². The van der Waals surface area contributed by atoms with E-state index in [9.17, 15) is 9.59 Å². The van der Waals surface area contributed by atoms with Crippen molar-refractivity contribution in [3.05, 3.63) is 102 Å². The van der Waals surface area contributed by atoms with Gasteiger partial charge < -0.3 is 15.0 Å². The lowest BCUT2D eigenvalue weighted by Gasteiger charge is -2.22. The van der Waals surface area contributed by atoms with Gasteiger partial charge in [0.05, 0.1) is 19.1 Å². The molecule has 0 saturated carbocycles. The van der Waals surface area contributed by atoms with E-state index in [4.69, 9.17) is 4.74 Å². The Bertz CT molecular complexity index is 1040. The van der Waals surface area contributed by atoms with E-state index < -0.39 is 0 Å². The summed E-state index contributed by atoms with van der Waals surface area (Å²) < 4.78 is 5.19. The highest BCUT2D eigenvalue weighted by Crippen LogP contribution is 2.24. The summed E-state index contributed by atoms with van der Waals surface area (Å²) in [5.74, 6) is 0.382. The Morgan fingerprint density at radius 1 is 0.969 bits per heavy atom. The Balaban J connectivity index is 1.42. The number of methoxy groups -OCH3 is 1. The summed E-state index contributed by atoms with van der Waals surface area (Å²) in [6.45, 7) is 0.933. The van der Waals surface area contributed by atoms with Gasteiger partial charge in [-0.05, 0) is 35.2 Å². The van der Waals surface area contributed by atoms with E-state index in [1.54, 1.807) is 12.0 Å².